The Morgan fingerprint density at radius 2 is 1.86 bits per heavy atom. The second kappa shape index (κ2) is 7.19. The number of hydrogen-bond acceptors (Lipinski definition) is 8. The van der Waals surface area contributed by atoms with E-state index in [9.17, 15) is 9.59 Å². The van der Waals surface area contributed by atoms with Crippen LogP contribution in [0.5, 0.6) is 0 Å². The SMILES string of the molecule is Cc1cc(C)nc(-n2nc(C)cc2NC(=O)Cn2nc(-c3ccco3)oc2=O)n1. The summed E-state index contributed by atoms with van der Waals surface area (Å²) in [5, 5.41) is 11.0. The molecule has 148 valence electrons. The van der Waals surface area contributed by atoms with E-state index in [-0.39, 0.29) is 12.4 Å². The van der Waals surface area contributed by atoms with E-state index in [4.69, 9.17) is 8.83 Å². The Morgan fingerprint density at radius 3 is 2.55 bits per heavy atom. The van der Waals surface area contributed by atoms with Crippen molar-refractivity contribution in [1.82, 2.24) is 29.5 Å². The molecule has 1 N–H and O–H groups in total. The first kappa shape index (κ1) is 18.3. The number of aryl methyl sites for hydroxylation is 3. The number of amides is 1. The molecule has 11 nitrogen and oxygen atoms in total. The van der Waals surface area contributed by atoms with Crippen LogP contribution in [0.1, 0.15) is 17.1 Å². The van der Waals surface area contributed by atoms with Crippen LogP contribution < -0.4 is 11.1 Å². The van der Waals surface area contributed by atoms with Crippen LogP contribution in [0.4, 0.5) is 5.82 Å². The molecule has 0 aliphatic heterocycles. The normalized spacial score (nSPS) is 11.0. The van der Waals surface area contributed by atoms with Gasteiger partial charge in [-0.2, -0.15) is 14.5 Å². The third kappa shape index (κ3) is 3.83. The summed E-state index contributed by atoms with van der Waals surface area (Å²) >= 11 is 0. The van der Waals surface area contributed by atoms with Crippen LogP contribution in [-0.4, -0.2) is 35.4 Å². The topological polar surface area (TPSA) is 134 Å². The summed E-state index contributed by atoms with van der Waals surface area (Å²) in [7, 11) is 0. The molecule has 0 aromatic carbocycles. The van der Waals surface area contributed by atoms with E-state index >= 15 is 0 Å². The minimum absolute atomic E-state index is 0.00248. The fourth-order valence-corrected chi connectivity index (χ4v) is 2.77. The number of nitrogens with one attached hydrogen (secondary N) is 1. The van der Waals surface area contributed by atoms with E-state index in [1.54, 1.807) is 25.1 Å². The molecule has 29 heavy (non-hydrogen) atoms. The van der Waals surface area contributed by atoms with Crippen molar-refractivity contribution >= 4 is 11.7 Å². The van der Waals surface area contributed by atoms with Gasteiger partial charge < -0.3 is 14.2 Å². The van der Waals surface area contributed by atoms with Crippen LogP contribution in [0.25, 0.3) is 17.6 Å². The molecule has 4 aromatic rings. The van der Waals surface area contributed by atoms with Crippen LogP contribution in [0.3, 0.4) is 0 Å². The molecular formula is C18H17N7O4. The molecule has 11 heteroatoms. The Balaban J connectivity index is 1.56. The Labute approximate surface area is 164 Å². The molecule has 0 radical (unpaired) electrons. The second-order valence-corrected chi connectivity index (χ2v) is 6.39. The molecule has 0 aliphatic rings. The van der Waals surface area contributed by atoms with Crippen molar-refractivity contribution in [3.05, 3.63) is 58.2 Å². The van der Waals surface area contributed by atoms with Gasteiger partial charge in [-0.3, -0.25) is 4.79 Å². The van der Waals surface area contributed by atoms with E-state index in [1.165, 1.54) is 10.9 Å². The van der Waals surface area contributed by atoms with Gasteiger partial charge in [0.25, 0.3) is 11.8 Å². The van der Waals surface area contributed by atoms with Crippen molar-refractivity contribution in [3.63, 3.8) is 0 Å². The van der Waals surface area contributed by atoms with Gasteiger partial charge in [0, 0.05) is 17.5 Å². The lowest BCUT2D eigenvalue weighted by atomic mass is 10.4. The van der Waals surface area contributed by atoms with Crippen molar-refractivity contribution < 1.29 is 13.6 Å². The maximum Gasteiger partial charge on any atom is 0.437 e. The van der Waals surface area contributed by atoms with Crippen LogP contribution >= 0.6 is 0 Å². The molecule has 0 unspecified atom stereocenters. The average molecular weight is 395 g/mol. The first-order valence-electron chi connectivity index (χ1n) is 8.70. The molecule has 0 bridgehead atoms. The number of aromatic nitrogens is 6. The highest BCUT2D eigenvalue weighted by Gasteiger charge is 2.17. The van der Waals surface area contributed by atoms with E-state index < -0.39 is 11.7 Å². The number of carbonyl (C=O) groups is 1. The molecular weight excluding hydrogens is 378 g/mol. The molecule has 0 fully saturated rings. The van der Waals surface area contributed by atoms with Crippen LogP contribution in [0.15, 0.2) is 44.2 Å². The molecule has 4 heterocycles. The number of rotatable bonds is 5. The Morgan fingerprint density at radius 1 is 1.10 bits per heavy atom. The molecule has 0 aliphatic carbocycles. The van der Waals surface area contributed by atoms with Gasteiger partial charge in [-0.15, -0.1) is 5.10 Å². The van der Waals surface area contributed by atoms with Crippen molar-refractivity contribution in [1.29, 1.82) is 0 Å². The molecule has 1 amide bonds. The fraction of sp³-hybridized carbons (Fsp3) is 0.222. The maximum atomic E-state index is 12.5. The van der Waals surface area contributed by atoms with Crippen LogP contribution in [0, 0.1) is 20.8 Å². The van der Waals surface area contributed by atoms with Gasteiger partial charge >= 0.3 is 5.76 Å². The molecule has 0 spiro atoms. The minimum atomic E-state index is -0.770. The van der Waals surface area contributed by atoms with Gasteiger partial charge in [0.05, 0.1) is 12.0 Å². The number of hydrogen-bond donors (Lipinski definition) is 1. The predicted octanol–water partition coefficient (Wildman–Crippen LogP) is 1.64. The molecule has 4 aromatic heterocycles. The standard InChI is InChI=1S/C18H17N7O4/c1-10-7-11(2)20-17(19-10)25-14(8-12(3)22-25)21-15(26)9-24-18(27)29-16(23-24)13-5-4-6-28-13/h4-8H,9H2,1-3H3,(H,21,26). The summed E-state index contributed by atoms with van der Waals surface area (Å²) in [6.45, 7) is 5.13. The highest BCUT2D eigenvalue weighted by molar-refractivity contribution is 5.89. The van der Waals surface area contributed by atoms with E-state index in [0.717, 1.165) is 16.1 Å². The number of furan rings is 1. The van der Waals surface area contributed by atoms with E-state index in [1.807, 2.05) is 19.9 Å². The Kier molecular flexibility index (Phi) is 4.55. The monoisotopic (exact) mass is 395 g/mol. The quantitative estimate of drug-likeness (QED) is 0.539. The highest BCUT2D eigenvalue weighted by atomic mass is 16.4. The van der Waals surface area contributed by atoms with Crippen molar-refractivity contribution in [2.75, 3.05) is 5.32 Å². The fourth-order valence-electron chi connectivity index (χ4n) is 2.77. The van der Waals surface area contributed by atoms with Gasteiger partial charge in [-0.05, 0) is 39.0 Å². The zero-order valence-corrected chi connectivity index (χ0v) is 15.9. The van der Waals surface area contributed by atoms with Crippen LogP contribution in [0.2, 0.25) is 0 Å². The number of anilines is 1. The third-order valence-electron chi connectivity index (χ3n) is 3.89. The smallest absolute Gasteiger partial charge is 0.437 e. The van der Waals surface area contributed by atoms with Gasteiger partial charge in [-0.25, -0.2) is 14.8 Å². The maximum absolute atomic E-state index is 12.5. The summed E-state index contributed by atoms with van der Waals surface area (Å²) in [5.41, 5.74) is 2.22. The Hall–Kier alpha value is -4.02. The summed E-state index contributed by atoms with van der Waals surface area (Å²) in [5.74, 6) is -0.255. The van der Waals surface area contributed by atoms with Gasteiger partial charge in [0.2, 0.25) is 5.91 Å². The largest absolute Gasteiger partial charge is 0.459 e. The second-order valence-electron chi connectivity index (χ2n) is 6.39. The van der Waals surface area contributed by atoms with E-state index in [0.29, 0.717) is 23.2 Å². The highest BCUT2D eigenvalue weighted by Crippen LogP contribution is 2.16. The summed E-state index contributed by atoms with van der Waals surface area (Å²) in [6.07, 6.45) is 1.43. The molecule has 0 saturated heterocycles. The summed E-state index contributed by atoms with van der Waals surface area (Å²) in [4.78, 5) is 33.2. The lowest BCUT2D eigenvalue weighted by Gasteiger charge is -2.08. The summed E-state index contributed by atoms with van der Waals surface area (Å²) in [6, 6.07) is 6.75. The lowest BCUT2D eigenvalue weighted by molar-refractivity contribution is -0.117. The lowest BCUT2D eigenvalue weighted by Crippen LogP contribution is -2.26. The van der Waals surface area contributed by atoms with Crippen molar-refractivity contribution in [2.24, 2.45) is 0 Å². The van der Waals surface area contributed by atoms with Gasteiger partial charge in [-0.1, -0.05) is 0 Å². The molecule has 0 saturated carbocycles. The average Bonchev–Trinajstić information content (AvgIpc) is 3.35. The minimum Gasteiger partial charge on any atom is -0.459 e. The van der Waals surface area contributed by atoms with Gasteiger partial charge in [0.1, 0.15) is 12.4 Å². The van der Waals surface area contributed by atoms with Crippen molar-refractivity contribution in [2.45, 2.75) is 27.3 Å². The number of carbonyl (C=O) groups excluding carboxylic acids is 1. The predicted molar refractivity (Wildman–Crippen MR) is 100 cm³/mol. The molecule has 4 rings (SSSR count). The third-order valence-corrected chi connectivity index (χ3v) is 3.89. The zero-order valence-electron chi connectivity index (χ0n) is 15.9. The van der Waals surface area contributed by atoms with Gasteiger partial charge in [0.15, 0.2) is 5.76 Å². The zero-order chi connectivity index (χ0) is 20.5. The van der Waals surface area contributed by atoms with Crippen LogP contribution in [-0.2, 0) is 11.3 Å². The first-order chi connectivity index (χ1) is 13.9. The summed E-state index contributed by atoms with van der Waals surface area (Å²) < 4.78 is 12.5. The van der Waals surface area contributed by atoms with E-state index in [2.05, 4.69) is 25.5 Å². The van der Waals surface area contributed by atoms with Crippen molar-refractivity contribution in [3.8, 4) is 17.6 Å². The number of nitrogens with zero attached hydrogens (tertiary/aromatic N) is 6. The Bertz CT molecular complexity index is 1210. The first-order valence-corrected chi connectivity index (χ1v) is 8.70. The molecule has 0 atom stereocenters.